The van der Waals surface area contributed by atoms with E-state index in [1.807, 2.05) is 0 Å². The average molecular weight is 289 g/mol. The number of fused-ring (bicyclic) bond motifs is 1. The predicted octanol–water partition coefficient (Wildman–Crippen LogP) is 1.98. The Labute approximate surface area is 122 Å². The molecule has 5 heteroatoms. The molecule has 1 atom stereocenters. The number of pyridine rings is 1. The number of rotatable bonds is 3. The standard InChI is InChI=1S/C16H20FN3O/c17-14-6-3-5-13-15(21)8-11(19-16(13)14)10-20-7-2-1-4-12(20)9-18/h3,5-6,8,12H,1-2,4,7,9-10,18H2,(H,19,21)/t12-/m1/s1. The summed E-state index contributed by atoms with van der Waals surface area (Å²) in [6.07, 6.45) is 3.42. The van der Waals surface area contributed by atoms with E-state index >= 15 is 0 Å². The fourth-order valence-electron chi connectivity index (χ4n) is 3.13. The fraction of sp³-hybridized carbons (Fsp3) is 0.438. The second kappa shape index (κ2) is 5.95. The Morgan fingerprint density at radius 2 is 2.24 bits per heavy atom. The van der Waals surface area contributed by atoms with Crippen LogP contribution in [-0.2, 0) is 6.54 Å². The van der Waals surface area contributed by atoms with Crippen LogP contribution in [0.4, 0.5) is 4.39 Å². The van der Waals surface area contributed by atoms with Crippen LogP contribution in [0, 0.1) is 5.82 Å². The third-order valence-corrected chi connectivity index (χ3v) is 4.26. The smallest absolute Gasteiger partial charge is 0.189 e. The summed E-state index contributed by atoms with van der Waals surface area (Å²) in [4.78, 5) is 17.5. The van der Waals surface area contributed by atoms with E-state index in [0.717, 1.165) is 25.1 Å². The highest BCUT2D eigenvalue weighted by Crippen LogP contribution is 2.19. The van der Waals surface area contributed by atoms with Gasteiger partial charge in [0.2, 0.25) is 0 Å². The molecule has 1 aliphatic heterocycles. The summed E-state index contributed by atoms with van der Waals surface area (Å²) < 4.78 is 13.9. The molecule has 0 radical (unpaired) electrons. The predicted molar refractivity (Wildman–Crippen MR) is 81.6 cm³/mol. The van der Waals surface area contributed by atoms with Crippen LogP contribution in [0.1, 0.15) is 25.0 Å². The number of aromatic nitrogens is 1. The van der Waals surface area contributed by atoms with Gasteiger partial charge in [-0.05, 0) is 31.5 Å². The highest BCUT2D eigenvalue weighted by Gasteiger charge is 2.21. The van der Waals surface area contributed by atoms with Crippen molar-refractivity contribution in [3.8, 4) is 0 Å². The largest absolute Gasteiger partial charge is 0.355 e. The molecule has 0 aliphatic carbocycles. The van der Waals surface area contributed by atoms with E-state index in [1.54, 1.807) is 18.2 Å². The Morgan fingerprint density at radius 3 is 3.05 bits per heavy atom. The van der Waals surface area contributed by atoms with Gasteiger partial charge in [-0.2, -0.15) is 0 Å². The zero-order valence-corrected chi connectivity index (χ0v) is 11.9. The molecule has 1 saturated heterocycles. The van der Waals surface area contributed by atoms with E-state index in [-0.39, 0.29) is 11.2 Å². The molecule has 3 rings (SSSR count). The molecule has 0 saturated carbocycles. The number of para-hydroxylation sites is 1. The molecule has 0 spiro atoms. The molecular formula is C16H20FN3O. The number of piperidine rings is 1. The van der Waals surface area contributed by atoms with Gasteiger partial charge >= 0.3 is 0 Å². The molecule has 0 bridgehead atoms. The number of likely N-dealkylation sites (tertiary alicyclic amines) is 1. The second-order valence-corrected chi connectivity index (χ2v) is 5.68. The maximum absolute atomic E-state index is 13.9. The van der Waals surface area contributed by atoms with Gasteiger partial charge in [-0.25, -0.2) is 4.39 Å². The van der Waals surface area contributed by atoms with Crippen LogP contribution in [-0.4, -0.2) is 29.0 Å². The van der Waals surface area contributed by atoms with Crippen LogP contribution < -0.4 is 11.2 Å². The molecule has 4 nitrogen and oxygen atoms in total. The number of nitrogens with zero attached hydrogens (tertiary/aromatic N) is 1. The topological polar surface area (TPSA) is 62.1 Å². The lowest BCUT2D eigenvalue weighted by atomic mass is 10.0. The lowest BCUT2D eigenvalue weighted by Gasteiger charge is -2.34. The van der Waals surface area contributed by atoms with Crippen LogP contribution in [0.5, 0.6) is 0 Å². The first kappa shape index (κ1) is 14.2. The van der Waals surface area contributed by atoms with Gasteiger partial charge in [-0.3, -0.25) is 9.69 Å². The van der Waals surface area contributed by atoms with Crippen molar-refractivity contribution < 1.29 is 4.39 Å². The molecule has 2 aromatic rings. The maximum atomic E-state index is 13.9. The lowest BCUT2D eigenvalue weighted by Crippen LogP contribution is -2.43. The van der Waals surface area contributed by atoms with E-state index in [4.69, 9.17) is 5.73 Å². The van der Waals surface area contributed by atoms with Crippen molar-refractivity contribution in [1.82, 2.24) is 9.88 Å². The van der Waals surface area contributed by atoms with Crippen LogP contribution >= 0.6 is 0 Å². The first-order valence-electron chi connectivity index (χ1n) is 7.43. The number of benzene rings is 1. The van der Waals surface area contributed by atoms with Crippen molar-refractivity contribution in [2.75, 3.05) is 13.1 Å². The van der Waals surface area contributed by atoms with Crippen molar-refractivity contribution in [3.05, 3.63) is 46.0 Å². The maximum Gasteiger partial charge on any atom is 0.189 e. The second-order valence-electron chi connectivity index (χ2n) is 5.68. The van der Waals surface area contributed by atoms with Gasteiger partial charge in [0.25, 0.3) is 0 Å². The summed E-state index contributed by atoms with van der Waals surface area (Å²) in [5.74, 6) is -0.388. The first-order valence-corrected chi connectivity index (χ1v) is 7.43. The average Bonchev–Trinajstić information content (AvgIpc) is 2.49. The van der Waals surface area contributed by atoms with Gasteiger partial charge < -0.3 is 10.7 Å². The zero-order chi connectivity index (χ0) is 14.8. The molecule has 0 unspecified atom stereocenters. The lowest BCUT2D eigenvalue weighted by molar-refractivity contribution is 0.143. The summed E-state index contributed by atoms with van der Waals surface area (Å²) in [7, 11) is 0. The quantitative estimate of drug-likeness (QED) is 0.908. The molecule has 2 heterocycles. The van der Waals surface area contributed by atoms with Crippen molar-refractivity contribution in [3.63, 3.8) is 0 Å². The normalized spacial score (nSPS) is 20.0. The SMILES string of the molecule is NC[C@H]1CCCCN1Cc1cc(=O)c2cccc(F)c2[nH]1. The van der Waals surface area contributed by atoms with Gasteiger partial charge in [0, 0.05) is 36.3 Å². The van der Waals surface area contributed by atoms with Gasteiger partial charge in [0.05, 0.1) is 5.52 Å². The summed E-state index contributed by atoms with van der Waals surface area (Å²) >= 11 is 0. The third kappa shape index (κ3) is 2.84. The number of hydrogen-bond acceptors (Lipinski definition) is 3. The molecule has 1 fully saturated rings. The Hall–Kier alpha value is -1.72. The summed E-state index contributed by atoms with van der Waals surface area (Å²) in [6.45, 7) is 2.20. The molecular weight excluding hydrogens is 269 g/mol. The van der Waals surface area contributed by atoms with E-state index in [1.165, 1.54) is 12.5 Å². The molecule has 21 heavy (non-hydrogen) atoms. The van der Waals surface area contributed by atoms with Crippen molar-refractivity contribution in [1.29, 1.82) is 0 Å². The van der Waals surface area contributed by atoms with E-state index < -0.39 is 0 Å². The monoisotopic (exact) mass is 289 g/mol. The van der Waals surface area contributed by atoms with Crippen molar-refractivity contribution in [2.24, 2.45) is 5.73 Å². The number of nitrogens with two attached hydrogens (primary N) is 1. The molecule has 0 amide bonds. The minimum absolute atomic E-state index is 0.139. The minimum Gasteiger partial charge on any atom is -0.355 e. The van der Waals surface area contributed by atoms with Gasteiger partial charge in [0.1, 0.15) is 5.82 Å². The third-order valence-electron chi connectivity index (χ3n) is 4.26. The van der Waals surface area contributed by atoms with Gasteiger partial charge in [-0.15, -0.1) is 0 Å². The Morgan fingerprint density at radius 1 is 1.38 bits per heavy atom. The summed E-state index contributed by atoms with van der Waals surface area (Å²) in [6, 6.07) is 6.49. The number of aromatic amines is 1. The summed E-state index contributed by atoms with van der Waals surface area (Å²) in [5.41, 5.74) is 6.72. The molecule has 112 valence electrons. The van der Waals surface area contributed by atoms with E-state index in [0.29, 0.717) is 30.0 Å². The van der Waals surface area contributed by atoms with Crippen LogP contribution in [0.25, 0.3) is 10.9 Å². The highest BCUT2D eigenvalue weighted by molar-refractivity contribution is 5.78. The zero-order valence-electron chi connectivity index (χ0n) is 11.9. The van der Waals surface area contributed by atoms with E-state index in [9.17, 15) is 9.18 Å². The van der Waals surface area contributed by atoms with Crippen LogP contribution in [0.2, 0.25) is 0 Å². The minimum atomic E-state index is -0.388. The fourth-order valence-corrected chi connectivity index (χ4v) is 3.13. The van der Waals surface area contributed by atoms with Gasteiger partial charge in [0.15, 0.2) is 5.43 Å². The van der Waals surface area contributed by atoms with Gasteiger partial charge in [-0.1, -0.05) is 12.5 Å². The molecule has 1 aromatic heterocycles. The number of hydrogen-bond donors (Lipinski definition) is 2. The number of H-pyrrole nitrogens is 1. The Bertz CT molecular complexity index is 697. The van der Waals surface area contributed by atoms with Crippen molar-refractivity contribution in [2.45, 2.75) is 31.8 Å². The highest BCUT2D eigenvalue weighted by atomic mass is 19.1. The van der Waals surface area contributed by atoms with Crippen molar-refractivity contribution >= 4 is 10.9 Å². The number of halogens is 1. The first-order chi connectivity index (χ1) is 10.2. The van der Waals surface area contributed by atoms with Crippen LogP contribution in [0.3, 0.4) is 0 Å². The molecule has 3 N–H and O–H groups in total. The van der Waals surface area contributed by atoms with E-state index in [2.05, 4.69) is 9.88 Å². The number of nitrogens with one attached hydrogen (secondary N) is 1. The summed E-state index contributed by atoms with van der Waals surface area (Å²) in [5, 5.41) is 0.396. The van der Waals surface area contributed by atoms with Crippen LogP contribution in [0.15, 0.2) is 29.1 Å². The molecule has 1 aromatic carbocycles. The molecule has 1 aliphatic rings. The Balaban J connectivity index is 1.94. The Kier molecular flexibility index (Phi) is 4.03.